The zero-order chi connectivity index (χ0) is 21.9. The summed E-state index contributed by atoms with van der Waals surface area (Å²) < 4.78 is 0. The van der Waals surface area contributed by atoms with E-state index in [1.807, 2.05) is 13.0 Å². The topological polar surface area (TPSA) is 94.8 Å². The minimum atomic E-state index is -1.08. The molecule has 3 N–H and O–H groups in total. The summed E-state index contributed by atoms with van der Waals surface area (Å²) in [6.07, 6.45) is 7.75. The highest BCUT2D eigenvalue weighted by Gasteiger charge is 2.19. The standard InChI is InChI=1S/C23H40O5/c1-7-15(2)8-16(3)10-20(14-24)11-17(4)9-18(5)12-21(23(27)28)13-19(6)22(25)26/h9,12,15-17,19-20,24H,7-8,10-11,13-14H2,1-6H3,(H,25,26)(H,27,28)/b18-9+,21-12-/t15-,16+,17-,19+,20+/m0/s1. The van der Waals surface area contributed by atoms with Gasteiger partial charge in [0.15, 0.2) is 0 Å². The molecule has 5 atom stereocenters. The van der Waals surface area contributed by atoms with Crippen LogP contribution in [0.5, 0.6) is 0 Å². The van der Waals surface area contributed by atoms with Crippen LogP contribution in [0.15, 0.2) is 23.3 Å². The third-order valence-electron chi connectivity index (χ3n) is 5.37. The molecular formula is C23H40O5. The first-order valence-corrected chi connectivity index (χ1v) is 10.5. The monoisotopic (exact) mass is 396 g/mol. The van der Waals surface area contributed by atoms with E-state index < -0.39 is 17.9 Å². The Kier molecular flexibility index (Phi) is 12.8. The Hall–Kier alpha value is -1.62. The quantitative estimate of drug-likeness (QED) is 0.279. The first-order valence-electron chi connectivity index (χ1n) is 10.5. The number of carboxylic acids is 2. The fourth-order valence-corrected chi connectivity index (χ4v) is 3.75. The Morgan fingerprint density at radius 3 is 2.04 bits per heavy atom. The number of aliphatic hydroxyl groups excluding tert-OH is 1. The van der Waals surface area contributed by atoms with Gasteiger partial charge in [-0.25, -0.2) is 4.79 Å². The molecular weight excluding hydrogens is 356 g/mol. The molecule has 0 fully saturated rings. The molecule has 0 aromatic rings. The molecule has 0 heterocycles. The van der Waals surface area contributed by atoms with Crippen molar-refractivity contribution in [1.29, 1.82) is 0 Å². The van der Waals surface area contributed by atoms with Gasteiger partial charge in [0.25, 0.3) is 0 Å². The van der Waals surface area contributed by atoms with Crippen molar-refractivity contribution in [3.05, 3.63) is 23.3 Å². The van der Waals surface area contributed by atoms with Crippen molar-refractivity contribution < 1.29 is 24.9 Å². The number of hydrogen-bond acceptors (Lipinski definition) is 3. The molecule has 28 heavy (non-hydrogen) atoms. The number of carboxylic acid groups (broad SMARTS) is 2. The van der Waals surface area contributed by atoms with Gasteiger partial charge in [-0.3, -0.25) is 4.79 Å². The third-order valence-corrected chi connectivity index (χ3v) is 5.37. The smallest absolute Gasteiger partial charge is 0.331 e. The van der Waals surface area contributed by atoms with E-state index in [1.165, 1.54) is 19.8 Å². The van der Waals surface area contributed by atoms with Crippen LogP contribution in [0, 0.1) is 29.6 Å². The fraction of sp³-hybridized carbons (Fsp3) is 0.739. The van der Waals surface area contributed by atoms with Crippen molar-refractivity contribution in [2.75, 3.05) is 6.61 Å². The molecule has 0 aliphatic carbocycles. The first kappa shape index (κ1) is 26.4. The molecule has 5 nitrogen and oxygen atoms in total. The highest BCUT2D eigenvalue weighted by molar-refractivity contribution is 5.88. The van der Waals surface area contributed by atoms with Crippen LogP contribution in [0.4, 0.5) is 0 Å². The average Bonchev–Trinajstić information content (AvgIpc) is 2.59. The second-order valence-electron chi connectivity index (χ2n) is 8.68. The van der Waals surface area contributed by atoms with E-state index in [9.17, 15) is 19.8 Å². The predicted octanol–water partition coefficient (Wildman–Crippen LogP) is 5.15. The zero-order valence-electron chi connectivity index (χ0n) is 18.4. The molecule has 0 radical (unpaired) electrons. The maximum absolute atomic E-state index is 11.4. The van der Waals surface area contributed by atoms with Gasteiger partial charge in [0.05, 0.1) is 5.92 Å². The van der Waals surface area contributed by atoms with Gasteiger partial charge in [-0.2, -0.15) is 0 Å². The van der Waals surface area contributed by atoms with Gasteiger partial charge in [0.2, 0.25) is 0 Å². The van der Waals surface area contributed by atoms with Crippen molar-refractivity contribution in [2.24, 2.45) is 29.6 Å². The summed E-state index contributed by atoms with van der Waals surface area (Å²) in [6, 6.07) is 0. The van der Waals surface area contributed by atoms with Crippen molar-refractivity contribution in [2.45, 2.75) is 73.6 Å². The first-order chi connectivity index (χ1) is 13.0. The molecule has 5 heteroatoms. The molecule has 0 saturated carbocycles. The Morgan fingerprint density at radius 1 is 0.964 bits per heavy atom. The summed E-state index contributed by atoms with van der Waals surface area (Å²) in [5, 5.41) is 28.1. The molecule has 0 aliphatic rings. The number of carbonyl (C=O) groups is 2. The fourth-order valence-electron chi connectivity index (χ4n) is 3.75. The summed E-state index contributed by atoms with van der Waals surface area (Å²) in [7, 11) is 0. The van der Waals surface area contributed by atoms with E-state index >= 15 is 0 Å². The van der Waals surface area contributed by atoms with Crippen LogP contribution in [0.1, 0.15) is 73.6 Å². The molecule has 0 aliphatic heterocycles. The lowest BCUT2D eigenvalue weighted by Crippen LogP contribution is -2.15. The van der Waals surface area contributed by atoms with Crippen LogP contribution in [-0.2, 0) is 9.59 Å². The zero-order valence-corrected chi connectivity index (χ0v) is 18.4. The van der Waals surface area contributed by atoms with Gasteiger partial charge in [-0.05, 0) is 62.4 Å². The van der Waals surface area contributed by atoms with Crippen molar-refractivity contribution >= 4 is 11.9 Å². The van der Waals surface area contributed by atoms with E-state index in [2.05, 4.69) is 27.7 Å². The van der Waals surface area contributed by atoms with Crippen molar-refractivity contribution in [3.63, 3.8) is 0 Å². The maximum Gasteiger partial charge on any atom is 0.331 e. The van der Waals surface area contributed by atoms with E-state index in [0.29, 0.717) is 11.8 Å². The number of aliphatic hydroxyl groups is 1. The molecule has 0 aromatic heterocycles. The summed E-state index contributed by atoms with van der Waals surface area (Å²) in [4.78, 5) is 22.4. The highest BCUT2D eigenvalue weighted by atomic mass is 16.4. The minimum absolute atomic E-state index is 0.00335. The number of allylic oxidation sites excluding steroid dienone is 3. The van der Waals surface area contributed by atoms with Crippen LogP contribution in [0.3, 0.4) is 0 Å². The molecule has 162 valence electrons. The van der Waals surface area contributed by atoms with Crippen LogP contribution in [0.2, 0.25) is 0 Å². The average molecular weight is 397 g/mol. The lowest BCUT2D eigenvalue weighted by Gasteiger charge is -2.23. The predicted molar refractivity (Wildman–Crippen MR) is 113 cm³/mol. The number of rotatable bonds is 14. The minimum Gasteiger partial charge on any atom is -0.481 e. The number of hydrogen-bond donors (Lipinski definition) is 3. The summed E-state index contributed by atoms with van der Waals surface area (Å²) in [5.41, 5.74) is 0.920. The Bertz CT molecular complexity index is 549. The molecule has 0 amide bonds. The second-order valence-corrected chi connectivity index (χ2v) is 8.68. The van der Waals surface area contributed by atoms with Gasteiger partial charge >= 0.3 is 11.9 Å². The summed E-state index contributed by atoms with van der Waals surface area (Å²) >= 11 is 0. The molecule has 0 unspecified atom stereocenters. The SMILES string of the molecule is CC[C@H](C)C[C@@H](C)C[C@@H](CO)C[C@@H](C)/C=C(C)/C=C(/C[C@@H](C)C(=O)O)C(=O)O. The van der Waals surface area contributed by atoms with Crippen molar-refractivity contribution in [1.82, 2.24) is 0 Å². The van der Waals surface area contributed by atoms with Crippen LogP contribution < -0.4 is 0 Å². The van der Waals surface area contributed by atoms with Gasteiger partial charge in [0.1, 0.15) is 0 Å². The molecule has 0 rings (SSSR count). The second kappa shape index (κ2) is 13.5. The van der Waals surface area contributed by atoms with Gasteiger partial charge in [0, 0.05) is 12.2 Å². The van der Waals surface area contributed by atoms with Crippen LogP contribution in [-0.4, -0.2) is 33.9 Å². The molecule has 0 saturated heterocycles. The van der Waals surface area contributed by atoms with E-state index in [4.69, 9.17) is 5.11 Å². The highest BCUT2D eigenvalue weighted by Crippen LogP contribution is 2.26. The van der Waals surface area contributed by atoms with E-state index in [0.717, 1.165) is 18.4 Å². The van der Waals surface area contributed by atoms with Crippen molar-refractivity contribution in [3.8, 4) is 0 Å². The normalized spacial score (nSPS) is 18.2. The van der Waals surface area contributed by atoms with Gasteiger partial charge in [-0.1, -0.05) is 52.7 Å². The lowest BCUT2D eigenvalue weighted by molar-refractivity contribution is -0.141. The van der Waals surface area contributed by atoms with Crippen LogP contribution >= 0.6 is 0 Å². The van der Waals surface area contributed by atoms with Crippen LogP contribution in [0.25, 0.3) is 0 Å². The Labute approximate surface area is 170 Å². The van der Waals surface area contributed by atoms with E-state index in [-0.39, 0.29) is 30.4 Å². The Morgan fingerprint density at radius 2 is 1.57 bits per heavy atom. The van der Waals surface area contributed by atoms with E-state index in [1.54, 1.807) is 6.08 Å². The summed E-state index contributed by atoms with van der Waals surface area (Å²) in [5.74, 6) is -1.12. The molecule has 0 bridgehead atoms. The number of aliphatic carboxylic acids is 2. The third kappa shape index (κ3) is 11.3. The molecule has 0 spiro atoms. The largest absolute Gasteiger partial charge is 0.481 e. The Balaban J connectivity index is 4.96. The molecule has 0 aromatic carbocycles. The van der Waals surface area contributed by atoms with Gasteiger partial charge < -0.3 is 15.3 Å². The van der Waals surface area contributed by atoms with Gasteiger partial charge in [-0.15, -0.1) is 0 Å². The maximum atomic E-state index is 11.4. The summed E-state index contributed by atoms with van der Waals surface area (Å²) in [6.45, 7) is 12.3. The lowest BCUT2D eigenvalue weighted by atomic mass is 9.84.